The van der Waals surface area contributed by atoms with Crippen molar-refractivity contribution in [3.05, 3.63) is 29.7 Å². The van der Waals surface area contributed by atoms with Gasteiger partial charge < -0.3 is 14.2 Å². The summed E-state index contributed by atoms with van der Waals surface area (Å²) in [7, 11) is 0. The molecule has 0 aliphatic carbocycles. The molecule has 0 aromatic carbocycles. The van der Waals surface area contributed by atoms with Crippen LogP contribution in [0.5, 0.6) is 0 Å². The molecule has 3 rings (SSSR count). The Morgan fingerprint density at radius 2 is 2.10 bits per heavy atom. The molecule has 1 amide bonds. The fraction of sp³-hybridized carbons (Fsp3) is 0.588. The molecule has 2 aliphatic heterocycles. The lowest BCUT2D eigenvalue weighted by Gasteiger charge is -2.27. The zero-order valence-corrected chi connectivity index (χ0v) is 12.8. The second-order valence-corrected chi connectivity index (χ2v) is 6.12. The monoisotopic (exact) mass is 288 g/mol. The van der Waals surface area contributed by atoms with E-state index in [0.717, 1.165) is 37.5 Å². The van der Waals surface area contributed by atoms with Gasteiger partial charge in [0.05, 0.1) is 0 Å². The molecule has 1 aromatic rings. The molecule has 1 aromatic heterocycles. The fourth-order valence-corrected chi connectivity index (χ4v) is 3.37. The van der Waals surface area contributed by atoms with Crippen LogP contribution in [0.2, 0.25) is 0 Å². The van der Waals surface area contributed by atoms with Gasteiger partial charge in [0.25, 0.3) is 0 Å². The van der Waals surface area contributed by atoms with Crippen molar-refractivity contribution in [2.45, 2.75) is 38.6 Å². The molecule has 3 heterocycles. The molecule has 0 spiro atoms. The lowest BCUT2D eigenvalue weighted by molar-refractivity contribution is -0.127. The number of amides is 1. The summed E-state index contributed by atoms with van der Waals surface area (Å²) < 4.78 is 5.47. The van der Waals surface area contributed by atoms with Crippen molar-refractivity contribution in [1.82, 2.24) is 9.80 Å². The summed E-state index contributed by atoms with van der Waals surface area (Å²) >= 11 is 0. The molecule has 0 radical (unpaired) electrons. The van der Waals surface area contributed by atoms with Gasteiger partial charge in [0.15, 0.2) is 0 Å². The van der Waals surface area contributed by atoms with Gasteiger partial charge in [-0.3, -0.25) is 4.79 Å². The van der Waals surface area contributed by atoms with E-state index in [1.807, 2.05) is 24.0 Å². The van der Waals surface area contributed by atoms with Crippen molar-refractivity contribution in [3.8, 4) is 0 Å². The van der Waals surface area contributed by atoms with Crippen molar-refractivity contribution < 1.29 is 9.21 Å². The minimum atomic E-state index is 0.116. The third kappa shape index (κ3) is 3.56. The molecule has 2 fully saturated rings. The van der Waals surface area contributed by atoms with Crippen molar-refractivity contribution >= 4 is 12.0 Å². The molecule has 0 N–H and O–H groups in total. The summed E-state index contributed by atoms with van der Waals surface area (Å²) in [6, 6.07) is 4.19. The average molecular weight is 288 g/mol. The third-order valence-electron chi connectivity index (χ3n) is 4.48. The van der Waals surface area contributed by atoms with Gasteiger partial charge in [0.2, 0.25) is 5.91 Å². The second kappa shape index (κ2) is 6.48. The zero-order valence-electron chi connectivity index (χ0n) is 12.8. The van der Waals surface area contributed by atoms with Crippen LogP contribution in [0.25, 0.3) is 6.08 Å². The van der Waals surface area contributed by atoms with E-state index in [0.29, 0.717) is 6.04 Å². The number of carbonyl (C=O) groups is 1. The summed E-state index contributed by atoms with van der Waals surface area (Å²) in [5.74, 6) is 1.73. The van der Waals surface area contributed by atoms with E-state index < -0.39 is 0 Å². The average Bonchev–Trinajstić information content (AvgIpc) is 3.19. The molecule has 1 unspecified atom stereocenters. The van der Waals surface area contributed by atoms with Crippen LogP contribution in [0.15, 0.2) is 22.6 Å². The molecule has 2 saturated heterocycles. The number of furan rings is 1. The number of nitrogens with zero attached hydrogens (tertiary/aromatic N) is 2. The van der Waals surface area contributed by atoms with E-state index in [1.54, 1.807) is 12.2 Å². The van der Waals surface area contributed by atoms with E-state index in [4.69, 9.17) is 4.42 Å². The maximum Gasteiger partial charge on any atom is 0.246 e. The molecule has 0 saturated carbocycles. The van der Waals surface area contributed by atoms with E-state index in [9.17, 15) is 4.79 Å². The van der Waals surface area contributed by atoms with Crippen LogP contribution in [0.3, 0.4) is 0 Å². The maximum absolute atomic E-state index is 12.4. The second-order valence-electron chi connectivity index (χ2n) is 6.12. The van der Waals surface area contributed by atoms with Crippen molar-refractivity contribution in [3.63, 3.8) is 0 Å². The Hall–Kier alpha value is -1.55. The molecule has 21 heavy (non-hydrogen) atoms. The van der Waals surface area contributed by atoms with Crippen LogP contribution in [0, 0.1) is 6.92 Å². The normalized spacial score (nSPS) is 23.5. The summed E-state index contributed by atoms with van der Waals surface area (Å²) in [6.07, 6.45) is 8.30. The Labute approximate surface area is 126 Å². The highest BCUT2D eigenvalue weighted by atomic mass is 16.3. The molecule has 2 aliphatic rings. The molecule has 114 valence electrons. The minimum Gasteiger partial charge on any atom is -0.462 e. The molecule has 4 nitrogen and oxygen atoms in total. The van der Waals surface area contributed by atoms with Gasteiger partial charge in [-0.05, 0) is 63.9 Å². The number of hydrogen-bond donors (Lipinski definition) is 0. The Morgan fingerprint density at radius 3 is 2.81 bits per heavy atom. The van der Waals surface area contributed by atoms with Gasteiger partial charge in [-0.25, -0.2) is 0 Å². The number of carbonyl (C=O) groups excluding carboxylic acids is 1. The van der Waals surface area contributed by atoms with Gasteiger partial charge in [-0.1, -0.05) is 0 Å². The molecule has 4 heteroatoms. The number of rotatable bonds is 4. The lowest BCUT2D eigenvalue weighted by Crippen LogP contribution is -2.41. The highest BCUT2D eigenvalue weighted by molar-refractivity contribution is 5.91. The van der Waals surface area contributed by atoms with E-state index in [2.05, 4.69) is 4.90 Å². The van der Waals surface area contributed by atoms with Crippen LogP contribution in [-0.4, -0.2) is 47.9 Å². The first-order valence-corrected chi connectivity index (χ1v) is 8.00. The van der Waals surface area contributed by atoms with E-state index in [-0.39, 0.29) is 5.91 Å². The summed E-state index contributed by atoms with van der Waals surface area (Å²) in [6.45, 7) is 6.23. The van der Waals surface area contributed by atoms with Gasteiger partial charge in [0, 0.05) is 25.2 Å². The van der Waals surface area contributed by atoms with Crippen molar-refractivity contribution in [1.29, 1.82) is 0 Å². The predicted octanol–water partition coefficient (Wildman–Crippen LogP) is 2.69. The molecule has 0 bridgehead atoms. The molecular weight excluding hydrogens is 264 g/mol. The highest BCUT2D eigenvalue weighted by Crippen LogP contribution is 2.21. The standard InChI is InChI=1S/C17H24N2O2/c1-14-6-7-16(21-14)8-9-17(20)19-12-4-5-15(19)13-18-10-2-3-11-18/h6-9,15H,2-5,10-13H2,1H3/b9-8+. The van der Waals surface area contributed by atoms with E-state index >= 15 is 0 Å². The largest absolute Gasteiger partial charge is 0.462 e. The number of aryl methyl sites for hydroxylation is 1. The van der Waals surface area contributed by atoms with E-state index in [1.165, 1.54) is 25.9 Å². The van der Waals surface area contributed by atoms with Gasteiger partial charge in [-0.15, -0.1) is 0 Å². The highest BCUT2D eigenvalue weighted by Gasteiger charge is 2.29. The Bertz CT molecular complexity index is 515. The Kier molecular flexibility index (Phi) is 4.44. The lowest BCUT2D eigenvalue weighted by atomic mass is 10.2. The SMILES string of the molecule is Cc1ccc(/C=C/C(=O)N2CCCC2CN2CCCC2)o1. The summed E-state index contributed by atoms with van der Waals surface area (Å²) in [5.41, 5.74) is 0. The Morgan fingerprint density at radius 1 is 1.29 bits per heavy atom. The fourth-order valence-electron chi connectivity index (χ4n) is 3.37. The van der Waals surface area contributed by atoms with Gasteiger partial charge in [0.1, 0.15) is 11.5 Å². The van der Waals surface area contributed by atoms with Crippen LogP contribution < -0.4 is 0 Å². The first-order chi connectivity index (χ1) is 10.2. The predicted molar refractivity (Wildman–Crippen MR) is 82.9 cm³/mol. The first kappa shape index (κ1) is 14.4. The van der Waals surface area contributed by atoms with Gasteiger partial charge >= 0.3 is 0 Å². The van der Waals surface area contributed by atoms with Crippen LogP contribution in [-0.2, 0) is 4.79 Å². The van der Waals surface area contributed by atoms with Crippen LogP contribution in [0.4, 0.5) is 0 Å². The third-order valence-corrected chi connectivity index (χ3v) is 4.48. The zero-order chi connectivity index (χ0) is 14.7. The number of likely N-dealkylation sites (tertiary alicyclic amines) is 2. The Balaban J connectivity index is 1.58. The maximum atomic E-state index is 12.4. The molecular formula is C17H24N2O2. The van der Waals surface area contributed by atoms with Crippen molar-refractivity contribution in [2.24, 2.45) is 0 Å². The van der Waals surface area contributed by atoms with Crippen LogP contribution >= 0.6 is 0 Å². The van der Waals surface area contributed by atoms with Crippen molar-refractivity contribution in [2.75, 3.05) is 26.2 Å². The summed E-state index contributed by atoms with van der Waals surface area (Å²) in [5, 5.41) is 0. The summed E-state index contributed by atoms with van der Waals surface area (Å²) in [4.78, 5) is 16.9. The molecule has 1 atom stereocenters. The van der Waals surface area contributed by atoms with Gasteiger partial charge in [-0.2, -0.15) is 0 Å². The minimum absolute atomic E-state index is 0.116. The topological polar surface area (TPSA) is 36.7 Å². The quantitative estimate of drug-likeness (QED) is 0.799. The first-order valence-electron chi connectivity index (χ1n) is 8.00. The van der Waals surface area contributed by atoms with Crippen LogP contribution in [0.1, 0.15) is 37.2 Å². The smallest absolute Gasteiger partial charge is 0.246 e. The number of hydrogen-bond acceptors (Lipinski definition) is 3.